The molecule has 0 aromatic carbocycles. The minimum absolute atomic E-state index is 0.0331. The van der Waals surface area contributed by atoms with Gasteiger partial charge in [-0.15, -0.1) is 0 Å². The third-order valence-corrected chi connectivity index (χ3v) is 20.1. The van der Waals surface area contributed by atoms with Crippen molar-refractivity contribution in [2.45, 2.75) is 337 Å². The minimum atomic E-state index is 0.0331. The van der Waals surface area contributed by atoms with Gasteiger partial charge < -0.3 is 9.84 Å². The average Bonchev–Trinajstić information content (AvgIpc) is 3.70. The summed E-state index contributed by atoms with van der Waals surface area (Å²) in [6, 6.07) is 0.584. The summed E-state index contributed by atoms with van der Waals surface area (Å²) in [4.78, 5) is 16.0. The Morgan fingerprint density at radius 3 is 1.66 bits per heavy atom. The molecule has 3 fully saturated rings. The number of hydrogen-bond donors (Lipinski definition) is 1. The lowest BCUT2D eigenvalue weighted by atomic mass is 9.47. The van der Waals surface area contributed by atoms with Crippen LogP contribution in [0.4, 0.5) is 0 Å². The first-order valence-corrected chi connectivity index (χ1v) is 32.3. The van der Waals surface area contributed by atoms with Crippen molar-refractivity contribution < 1.29 is 14.6 Å². The Morgan fingerprint density at radius 1 is 0.600 bits per heavy atom. The van der Waals surface area contributed by atoms with Crippen molar-refractivity contribution >= 4 is 5.97 Å². The molecule has 4 aliphatic rings. The molecule has 0 aromatic heterocycles. The topological polar surface area (TPSA) is 49.8 Å². The Hall–Kier alpha value is -0.870. The number of aliphatic hydroxyl groups is 1. The van der Waals surface area contributed by atoms with E-state index in [0.29, 0.717) is 23.3 Å². The van der Waals surface area contributed by atoms with E-state index in [0.717, 1.165) is 80.7 Å². The summed E-state index contributed by atoms with van der Waals surface area (Å²) in [5, 5.41) is 10.2. The molecule has 4 aliphatic carbocycles. The van der Waals surface area contributed by atoms with E-state index in [1.54, 1.807) is 5.57 Å². The smallest absolute Gasteiger partial charge is 0.306 e. The molecule has 0 bridgehead atoms. The number of hydrogen-bond acceptors (Lipinski definition) is 4. The van der Waals surface area contributed by atoms with Gasteiger partial charge in [0.25, 0.3) is 0 Å². The molecular weight excluding hydrogens is 855 g/mol. The number of rotatable bonds is 43. The van der Waals surface area contributed by atoms with Gasteiger partial charge in [0.05, 0.1) is 6.61 Å². The van der Waals surface area contributed by atoms with Crippen molar-refractivity contribution in [1.29, 1.82) is 0 Å². The Labute approximate surface area is 438 Å². The van der Waals surface area contributed by atoms with Crippen LogP contribution < -0.4 is 0 Å². The fraction of sp³-hybridized carbons (Fsp3) is 0.955. The fourth-order valence-corrected chi connectivity index (χ4v) is 15.7. The zero-order valence-corrected chi connectivity index (χ0v) is 48.4. The Kier molecular flexibility index (Phi) is 31.9. The van der Waals surface area contributed by atoms with Gasteiger partial charge in [0.1, 0.15) is 6.10 Å². The predicted molar refractivity (Wildman–Crippen MR) is 304 cm³/mol. The van der Waals surface area contributed by atoms with Crippen molar-refractivity contribution in [3.63, 3.8) is 0 Å². The summed E-state index contributed by atoms with van der Waals surface area (Å²) in [5.74, 6) is 5.18. The van der Waals surface area contributed by atoms with E-state index in [1.807, 2.05) is 0 Å². The lowest BCUT2D eigenvalue weighted by Crippen LogP contribution is -2.51. The molecule has 4 nitrogen and oxygen atoms in total. The van der Waals surface area contributed by atoms with Gasteiger partial charge in [-0.05, 0) is 124 Å². The van der Waals surface area contributed by atoms with E-state index < -0.39 is 0 Å². The van der Waals surface area contributed by atoms with Crippen LogP contribution in [0.3, 0.4) is 0 Å². The SMILES string of the molecule is CCCCCCCCCCCCCCCC(CCCCCCCCCCCCCCC)N(CCO)CCCCCC(=O)OC1CCC2(C)C(=CCC3C2CCC2(C)C(C(C)CCCC(C)C)CCC32)C1. The number of carbonyl (C=O) groups excluding carboxylic acids is 1. The van der Waals surface area contributed by atoms with Crippen molar-refractivity contribution in [2.75, 3.05) is 19.7 Å². The third-order valence-electron chi connectivity index (χ3n) is 20.1. The molecule has 410 valence electrons. The number of ether oxygens (including phenoxy) is 1. The van der Waals surface area contributed by atoms with E-state index in [4.69, 9.17) is 4.74 Å². The number of unbranched alkanes of at least 4 members (excludes halogenated alkanes) is 26. The molecule has 0 spiro atoms. The van der Waals surface area contributed by atoms with Gasteiger partial charge in [-0.2, -0.15) is 0 Å². The van der Waals surface area contributed by atoms with Crippen LogP contribution in [-0.4, -0.2) is 47.8 Å². The zero-order valence-electron chi connectivity index (χ0n) is 48.4. The molecule has 0 saturated heterocycles. The summed E-state index contributed by atoms with van der Waals surface area (Å²) in [7, 11) is 0. The van der Waals surface area contributed by atoms with Crippen LogP contribution in [-0.2, 0) is 9.53 Å². The van der Waals surface area contributed by atoms with Crippen LogP contribution in [0.25, 0.3) is 0 Å². The van der Waals surface area contributed by atoms with Gasteiger partial charge in [-0.3, -0.25) is 9.69 Å². The molecule has 1 N–H and O–H groups in total. The first-order valence-electron chi connectivity index (χ1n) is 32.3. The molecule has 8 unspecified atom stereocenters. The highest BCUT2D eigenvalue weighted by molar-refractivity contribution is 5.69. The maximum Gasteiger partial charge on any atom is 0.306 e. The van der Waals surface area contributed by atoms with E-state index in [9.17, 15) is 9.90 Å². The Morgan fingerprint density at radius 2 is 1.13 bits per heavy atom. The summed E-state index contributed by atoms with van der Waals surface area (Å²) in [5.41, 5.74) is 2.46. The largest absolute Gasteiger partial charge is 0.462 e. The number of aliphatic hydroxyl groups excluding tert-OH is 1. The molecule has 3 saturated carbocycles. The standard InChI is InChI=1S/C66H123NO3/c1-8-10-12-14-16-18-20-22-24-26-28-30-33-40-58(41-34-31-29-27-25-23-21-19-17-15-13-11-9-2)67(52-53-68)51-36-32-35-42-64(69)70-59-47-49-65(6)57(54-59)43-44-60-62-46-45-61(56(5)39-37-38-55(3)4)66(62,7)50-48-63(60)65/h43,55-56,58-63,68H,8-42,44-54H2,1-7H3. The van der Waals surface area contributed by atoms with Crippen LogP contribution in [0.15, 0.2) is 11.6 Å². The van der Waals surface area contributed by atoms with E-state index in [-0.39, 0.29) is 18.7 Å². The van der Waals surface area contributed by atoms with Gasteiger partial charge >= 0.3 is 5.97 Å². The molecule has 4 rings (SSSR count). The van der Waals surface area contributed by atoms with Gasteiger partial charge in [0.2, 0.25) is 0 Å². The van der Waals surface area contributed by atoms with Crippen LogP contribution in [0, 0.1) is 46.3 Å². The van der Waals surface area contributed by atoms with Gasteiger partial charge in [0, 0.05) is 25.4 Å². The maximum absolute atomic E-state index is 13.4. The fourth-order valence-electron chi connectivity index (χ4n) is 15.7. The first kappa shape index (κ1) is 61.7. The lowest BCUT2D eigenvalue weighted by molar-refractivity contribution is -0.151. The molecule has 4 heteroatoms. The third kappa shape index (κ3) is 21.8. The van der Waals surface area contributed by atoms with E-state index >= 15 is 0 Å². The van der Waals surface area contributed by atoms with Crippen LogP contribution in [0.2, 0.25) is 0 Å². The van der Waals surface area contributed by atoms with Crippen LogP contribution in [0.5, 0.6) is 0 Å². The average molecular weight is 979 g/mol. The maximum atomic E-state index is 13.4. The number of fused-ring (bicyclic) bond motifs is 5. The van der Waals surface area contributed by atoms with Gasteiger partial charge in [0.15, 0.2) is 0 Å². The Bertz CT molecular complexity index is 1310. The number of esters is 1. The second-order valence-corrected chi connectivity index (χ2v) is 25.9. The van der Waals surface area contributed by atoms with Gasteiger partial charge in [-0.25, -0.2) is 0 Å². The van der Waals surface area contributed by atoms with Gasteiger partial charge in [-0.1, -0.05) is 253 Å². The minimum Gasteiger partial charge on any atom is -0.462 e. The summed E-state index contributed by atoms with van der Waals surface area (Å²) in [6.45, 7) is 19.4. The molecule has 0 radical (unpaired) electrons. The summed E-state index contributed by atoms with van der Waals surface area (Å²) in [6.07, 6.45) is 59.8. The highest BCUT2D eigenvalue weighted by Crippen LogP contribution is 2.67. The predicted octanol–water partition coefficient (Wildman–Crippen LogP) is 20.1. The quantitative estimate of drug-likeness (QED) is 0.0376. The monoisotopic (exact) mass is 978 g/mol. The highest BCUT2D eigenvalue weighted by atomic mass is 16.5. The molecule has 0 aromatic rings. The second kappa shape index (κ2) is 36.2. The summed E-state index contributed by atoms with van der Waals surface area (Å²) >= 11 is 0. The first-order chi connectivity index (χ1) is 34.1. The molecule has 8 atom stereocenters. The van der Waals surface area contributed by atoms with Crippen molar-refractivity contribution in [3.05, 3.63) is 11.6 Å². The number of allylic oxidation sites excluding steroid dienone is 1. The number of nitrogens with zero attached hydrogens (tertiary/aromatic N) is 1. The van der Waals surface area contributed by atoms with E-state index in [2.05, 4.69) is 59.4 Å². The van der Waals surface area contributed by atoms with Crippen LogP contribution in [0.1, 0.15) is 325 Å². The normalized spacial score (nSPS) is 25.9. The van der Waals surface area contributed by atoms with Crippen molar-refractivity contribution in [3.8, 4) is 0 Å². The van der Waals surface area contributed by atoms with Crippen molar-refractivity contribution in [1.82, 2.24) is 4.90 Å². The molecule has 0 amide bonds. The van der Waals surface area contributed by atoms with Crippen molar-refractivity contribution in [2.24, 2.45) is 46.3 Å². The molecule has 70 heavy (non-hydrogen) atoms. The van der Waals surface area contributed by atoms with Crippen LogP contribution >= 0.6 is 0 Å². The zero-order chi connectivity index (χ0) is 50.3. The Balaban J connectivity index is 1.15. The second-order valence-electron chi connectivity index (χ2n) is 25.9. The number of carbonyl (C=O) groups is 1. The molecular formula is C66H123NO3. The molecule has 0 aliphatic heterocycles. The highest BCUT2D eigenvalue weighted by Gasteiger charge is 2.59. The van der Waals surface area contributed by atoms with E-state index in [1.165, 1.54) is 238 Å². The summed E-state index contributed by atoms with van der Waals surface area (Å²) < 4.78 is 6.30. The lowest BCUT2D eigenvalue weighted by Gasteiger charge is -2.58. The molecule has 0 heterocycles.